The summed E-state index contributed by atoms with van der Waals surface area (Å²) in [4.78, 5) is 2.60. The van der Waals surface area contributed by atoms with Gasteiger partial charge in [-0.05, 0) is 30.4 Å². The van der Waals surface area contributed by atoms with Crippen LogP contribution in [0.5, 0.6) is 0 Å². The zero-order chi connectivity index (χ0) is 14.3. The van der Waals surface area contributed by atoms with Gasteiger partial charge in [0.1, 0.15) is 0 Å². The third kappa shape index (κ3) is 4.05. The molecule has 0 N–H and O–H groups in total. The Morgan fingerprint density at radius 2 is 1.38 bits per heavy atom. The summed E-state index contributed by atoms with van der Waals surface area (Å²) in [5.74, 6) is 0. The van der Waals surface area contributed by atoms with Crippen molar-refractivity contribution >= 4 is 0 Å². The Kier molecular flexibility index (Phi) is 4.86. The molecule has 1 heteroatoms. The molecule has 0 bridgehead atoms. The zero-order valence-electron chi connectivity index (χ0n) is 12.5. The maximum atomic E-state index is 2.60. The summed E-state index contributed by atoms with van der Waals surface area (Å²) < 4.78 is 0. The number of hydrogen-bond acceptors (Lipinski definition) is 1. The van der Waals surface area contributed by atoms with Gasteiger partial charge in [0.05, 0.1) is 0 Å². The molecule has 0 spiro atoms. The summed E-state index contributed by atoms with van der Waals surface area (Å²) >= 11 is 0. The summed E-state index contributed by atoms with van der Waals surface area (Å²) in [5, 5.41) is 0. The van der Waals surface area contributed by atoms with E-state index in [1.54, 1.807) is 0 Å². The lowest BCUT2D eigenvalue weighted by Gasteiger charge is -2.31. The second-order valence-corrected chi connectivity index (χ2v) is 5.80. The second-order valence-electron chi connectivity index (χ2n) is 5.80. The van der Waals surface area contributed by atoms with Crippen molar-refractivity contribution in [3.63, 3.8) is 0 Å². The molecule has 0 unspecified atom stereocenters. The molecule has 0 saturated heterocycles. The van der Waals surface area contributed by atoms with Gasteiger partial charge in [-0.3, -0.25) is 4.90 Å². The molecule has 1 nitrogen and oxygen atoms in total. The van der Waals surface area contributed by atoms with Gasteiger partial charge in [0.15, 0.2) is 0 Å². The molecule has 0 fully saturated rings. The minimum absolute atomic E-state index is 0.569. The van der Waals surface area contributed by atoms with Crippen LogP contribution < -0.4 is 0 Å². The van der Waals surface area contributed by atoms with Crippen LogP contribution in [0.4, 0.5) is 0 Å². The molecule has 21 heavy (non-hydrogen) atoms. The third-order valence-corrected chi connectivity index (χ3v) is 4.15. The van der Waals surface area contributed by atoms with Crippen LogP contribution in [-0.2, 0) is 13.1 Å². The van der Waals surface area contributed by atoms with E-state index in [0.717, 1.165) is 13.1 Å². The van der Waals surface area contributed by atoms with Gasteiger partial charge in [0.25, 0.3) is 0 Å². The lowest BCUT2D eigenvalue weighted by atomic mass is 10.00. The van der Waals surface area contributed by atoms with Crippen LogP contribution in [0.25, 0.3) is 0 Å². The summed E-state index contributed by atoms with van der Waals surface area (Å²) in [7, 11) is 0. The highest BCUT2D eigenvalue weighted by Gasteiger charge is 2.18. The fraction of sp³-hybridized carbons (Fsp3) is 0.300. The molecule has 1 atom stereocenters. The molecule has 3 rings (SSSR count). The number of benzene rings is 2. The SMILES string of the molecule is C1=C[C@@H](N(Cc2ccccc2)Cc2ccccc2)CCC1. The van der Waals surface area contributed by atoms with Crippen molar-refractivity contribution in [2.24, 2.45) is 0 Å². The first-order valence-electron chi connectivity index (χ1n) is 7.90. The van der Waals surface area contributed by atoms with Crippen LogP contribution in [0, 0.1) is 0 Å². The first-order chi connectivity index (χ1) is 10.4. The van der Waals surface area contributed by atoms with E-state index in [0.29, 0.717) is 6.04 Å². The fourth-order valence-corrected chi connectivity index (χ4v) is 3.02. The van der Waals surface area contributed by atoms with Crippen LogP contribution in [0.1, 0.15) is 30.4 Å². The first-order valence-corrected chi connectivity index (χ1v) is 7.90. The lowest BCUT2D eigenvalue weighted by Crippen LogP contribution is -2.33. The summed E-state index contributed by atoms with van der Waals surface area (Å²) in [6, 6.07) is 22.2. The average molecular weight is 277 g/mol. The molecule has 0 amide bonds. The number of rotatable bonds is 5. The molecule has 1 aliphatic carbocycles. The van der Waals surface area contributed by atoms with E-state index >= 15 is 0 Å². The molecular formula is C20H23N. The van der Waals surface area contributed by atoms with Crippen LogP contribution in [0.2, 0.25) is 0 Å². The van der Waals surface area contributed by atoms with E-state index in [1.807, 2.05) is 0 Å². The maximum Gasteiger partial charge on any atom is 0.0285 e. The number of hydrogen-bond donors (Lipinski definition) is 0. The minimum atomic E-state index is 0.569. The Bertz CT molecular complexity index is 517. The van der Waals surface area contributed by atoms with Gasteiger partial charge >= 0.3 is 0 Å². The Morgan fingerprint density at radius 1 is 0.810 bits per heavy atom. The molecule has 108 valence electrons. The Hall–Kier alpha value is -1.86. The van der Waals surface area contributed by atoms with Crippen molar-refractivity contribution in [1.82, 2.24) is 4.90 Å². The first kappa shape index (κ1) is 14.1. The second kappa shape index (κ2) is 7.24. The molecule has 0 saturated carbocycles. The van der Waals surface area contributed by atoms with Gasteiger partial charge in [-0.2, -0.15) is 0 Å². The van der Waals surface area contributed by atoms with Crippen molar-refractivity contribution in [2.45, 2.75) is 38.4 Å². The van der Waals surface area contributed by atoms with Crippen molar-refractivity contribution in [2.75, 3.05) is 0 Å². The Morgan fingerprint density at radius 3 is 1.86 bits per heavy atom. The van der Waals surface area contributed by atoms with E-state index in [2.05, 4.69) is 77.7 Å². The Labute approximate surface area is 127 Å². The van der Waals surface area contributed by atoms with Crippen LogP contribution in [-0.4, -0.2) is 10.9 Å². The molecule has 2 aromatic rings. The summed E-state index contributed by atoms with van der Waals surface area (Å²) in [5.41, 5.74) is 2.79. The smallest absolute Gasteiger partial charge is 0.0285 e. The van der Waals surface area contributed by atoms with Crippen LogP contribution in [0.3, 0.4) is 0 Å². The highest BCUT2D eigenvalue weighted by molar-refractivity contribution is 5.18. The lowest BCUT2D eigenvalue weighted by molar-refractivity contribution is 0.196. The standard InChI is InChI=1S/C20H23N/c1-4-10-18(11-5-1)16-21(20-14-8-3-9-15-20)17-19-12-6-2-7-13-19/h1-2,4-8,10-14,20H,3,9,15-17H2/t20-/m1/s1. The zero-order valence-corrected chi connectivity index (χ0v) is 12.5. The predicted octanol–water partition coefficient (Wildman–Crippen LogP) is 4.80. The van der Waals surface area contributed by atoms with E-state index < -0.39 is 0 Å². The Balaban J connectivity index is 1.77. The highest BCUT2D eigenvalue weighted by Crippen LogP contribution is 2.21. The monoisotopic (exact) mass is 277 g/mol. The van der Waals surface area contributed by atoms with Crippen molar-refractivity contribution in [3.05, 3.63) is 83.9 Å². The molecular weight excluding hydrogens is 254 g/mol. The molecule has 0 aromatic heterocycles. The molecule has 0 aliphatic heterocycles. The molecule has 0 heterocycles. The molecule has 0 radical (unpaired) electrons. The number of allylic oxidation sites excluding steroid dienone is 1. The quantitative estimate of drug-likeness (QED) is 0.710. The van der Waals surface area contributed by atoms with E-state index in [9.17, 15) is 0 Å². The van der Waals surface area contributed by atoms with Gasteiger partial charge < -0.3 is 0 Å². The molecule has 2 aromatic carbocycles. The predicted molar refractivity (Wildman–Crippen MR) is 88.9 cm³/mol. The van der Waals surface area contributed by atoms with Gasteiger partial charge in [-0.25, -0.2) is 0 Å². The van der Waals surface area contributed by atoms with Gasteiger partial charge in [-0.15, -0.1) is 0 Å². The van der Waals surface area contributed by atoms with E-state index in [-0.39, 0.29) is 0 Å². The van der Waals surface area contributed by atoms with Crippen molar-refractivity contribution < 1.29 is 0 Å². The van der Waals surface area contributed by atoms with Gasteiger partial charge in [0.2, 0.25) is 0 Å². The van der Waals surface area contributed by atoms with Gasteiger partial charge in [0, 0.05) is 19.1 Å². The minimum Gasteiger partial charge on any atom is -0.288 e. The highest BCUT2D eigenvalue weighted by atomic mass is 15.1. The largest absolute Gasteiger partial charge is 0.288 e. The van der Waals surface area contributed by atoms with E-state index in [4.69, 9.17) is 0 Å². The number of nitrogens with zero attached hydrogens (tertiary/aromatic N) is 1. The average Bonchev–Trinajstić information content (AvgIpc) is 2.57. The van der Waals surface area contributed by atoms with Crippen molar-refractivity contribution in [1.29, 1.82) is 0 Å². The third-order valence-electron chi connectivity index (χ3n) is 4.15. The fourth-order valence-electron chi connectivity index (χ4n) is 3.02. The van der Waals surface area contributed by atoms with Crippen LogP contribution >= 0.6 is 0 Å². The normalized spacial score (nSPS) is 18.0. The molecule has 1 aliphatic rings. The van der Waals surface area contributed by atoms with E-state index in [1.165, 1.54) is 30.4 Å². The van der Waals surface area contributed by atoms with Crippen molar-refractivity contribution in [3.8, 4) is 0 Å². The summed E-state index contributed by atoms with van der Waals surface area (Å²) in [6.07, 6.45) is 8.56. The summed E-state index contributed by atoms with van der Waals surface area (Å²) in [6.45, 7) is 2.04. The topological polar surface area (TPSA) is 3.24 Å². The van der Waals surface area contributed by atoms with Crippen LogP contribution in [0.15, 0.2) is 72.8 Å². The maximum absolute atomic E-state index is 2.60. The van der Waals surface area contributed by atoms with Gasteiger partial charge in [-0.1, -0.05) is 72.8 Å².